The molecule has 5 heteroatoms. The van der Waals surface area contributed by atoms with Gasteiger partial charge >= 0.3 is 0 Å². The van der Waals surface area contributed by atoms with Gasteiger partial charge in [-0.15, -0.1) is 0 Å². The van der Waals surface area contributed by atoms with Gasteiger partial charge in [0.15, 0.2) is 5.78 Å². The molecule has 0 radical (unpaired) electrons. The van der Waals surface area contributed by atoms with Crippen molar-refractivity contribution in [1.82, 2.24) is 5.32 Å². The van der Waals surface area contributed by atoms with Gasteiger partial charge in [0.05, 0.1) is 6.54 Å². The Hall–Kier alpha value is -1.75. The van der Waals surface area contributed by atoms with Crippen LogP contribution in [0.4, 0.5) is 0 Å². The molecule has 0 amide bonds. The highest BCUT2D eigenvalue weighted by molar-refractivity contribution is 6.02. The fourth-order valence-corrected chi connectivity index (χ4v) is 1.13. The number of rotatable bonds is 3. The number of hydrogen-bond donors (Lipinski definition) is 4. The molecule has 5 nitrogen and oxygen atoms in total. The molecule has 14 heavy (non-hydrogen) atoms. The van der Waals surface area contributed by atoms with E-state index in [2.05, 4.69) is 5.32 Å². The number of Topliss-reactive ketones (excluding diaryl/α,β-unsaturated/α-hetero) is 1. The second kappa shape index (κ2) is 3.97. The molecule has 4 N–H and O–H groups in total. The molecule has 0 spiro atoms. The maximum atomic E-state index is 11.3. The van der Waals surface area contributed by atoms with Crippen molar-refractivity contribution in [2.24, 2.45) is 0 Å². The predicted molar refractivity (Wildman–Crippen MR) is 49.7 cm³/mol. The summed E-state index contributed by atoms with van der Waals surface area (Å²) in [6, 6.07) is 2.01. The van der Waals surface area contributed by atoms with E-state index in [4.69, 9.17) is 5.11 Å². The van der Waals surface area contributed by atoms with Gasteiger partial charge in [-0.05, 0) is 7.05 Å². The molecule has 0 saturated heterocycles. The maximum absolute atomic E-state index is 11.3. The van der Waals surface area contributed by atoms with Crippen LogP contribution in [-0.2, 0) is 0 Å². The molecule has 0 aliphatic heterocycles. The lowest BCUT2D eigenvalue weighted by atomic mass is 10.1. The summed E-state index contributed by atoms with van der Waals surface area (Å²) in [7, 11) is 1.58. The van der Waals surface area contributed by atoms with Gasteiger partial charge in [0, 0.05) is 12.1 Å². The molecule has 0 heterocycles. The number of carbonyl (C=O) groups excluding carboxylic acids is 1. The zero-order chi connectivity index (χ0) is 10.7. The number of likely N-dealkylation sites (N-methyl/N-ethyl adjacent to an activating group) is 1. The summed E-state index contributed by atoms with van der Waals surface area (Å²) in [5, 5.41) is 30.2. The fourth-order valence-electron chi connectivity index (χ4n) is 1.13. The van der Waals surface area contributed by atoms with Crippen LogP contribution < -0.4 is 5.32 Å². The lowest BCUT2D eigenvalue weighted by molar-refractivity contribution is 0.0988. The molecule has 0 bridgehead atoms. The molecule has 0 saturated carbocycles. The van der Waals surface area contributed by atoms with Gasteiger partial charge in [-0.3, -0.25) is 4.79 Å². The van der Waals surface area contributed by atoms with Crippen molar-refractivity contribution in [2.45, 2.75) is 0 Å². The molecule has 0 aliphatic rings. The largest absolute Gasteiger partial charge is 0.508 e. The fraction of sp³-hybridized carbons (Fsp3) is 0.222. The van der Waals surface area contributed by atoms with Crippen LogP contribution in [0.2, 0.25) is 0 Å². The normalized spacial score (nSPS) is 10.1. The first-order valence-electron chi connectivity index (χ1n) is 3.99. The van der Waals surface area contributed by atoms with Crippen molar-refractivity contribution < 1.29 is 20.1 Å². The Morgan fingerprint density at radius 3 is 2.21 bits per heavy atom. The summed E-state index contributed by atoms with van der Waals surface area (Å²) in [6.07, 6.45) is 0. The average molecular weight is 197 g/mol. The Balaban J connectivity index is 3.14. The highest BCUT2D eigenvalue weighted by atomic mass is 16.3. The van der Waals surface area contributed by atoms with E-state index in [1.165, 1.54) is 0 Å². The van der Waals surface area contributed by atoms with Gasteiger partial charge in [0.2, 0.25) is 0 Å². The van der Waals surface area contributed by atoms with E-state index in [0.29, 0.717) is 0 Å². The minimum atomic E-state index is -0.442. The van der Waals surface area contributed by atoms with Gasteiger partial charge in [-0.1, -0.05) is 0 Å². The summed E-state index contributed by atoms with van der Waals surface area (Å²) in [4.78, 5) is 11.3. The van der Waals surface area contributed by atoms with Crippen molar-refractivity contribution >= 4 is 5.78 Å². The summed E-state index contributed by atoms with van der Waals surface area (Å²) in [6.45, 7) is 0.00585. The third-order valence-electron chi connectivity index (χ3n) is 1.70. The Morgan fingerprint density at radius 1 is 1.29 bits per heavy atom. The van der Waals surface area contributed by atoms with Crippen molar-refractivity contribution in [3.8, 4) is 17.2 Å². The number of ketones is 1. The molecular formula is C9H11NO4. The number of aromatic hydroxyl groups is 3. The molecule has 0 unspecified atom stereocenters. The Kier molecular flexibility index (Phi) is 2.93. The van der Waals surface area contributed by atoms with Gasteiger partial charge in [-0.2, -0.15) is 0 Å². The lowest BCUT2D eigenvalue weighted by Gasteiger charge is -2.06. The number of carbonyl (C=O) groups is 1. The van der Waals surface area contributed by atoms with E-state index >= 15 is 0 Å². The third kappa shape index (κ3) is 1.94. The van der Waals surface area contributed by atoms with Crippen LogP contribution in [0.1, 0.15) is 10.4 Å². The minimum Gasteiger partial charge on any atom is -0.508 e. The van der Waals surface area contributed by atoms with Crippen molar-refractivity contribution in [3.63, 3.8) is 0 Å². The SMILES string of the molecule is CNCC(=O)c1c(O)cc(O)cc1O. The second-order valence-electron chi connectivity index (χ2n) is 2.81. The van der Waals surface area contributed by atoms with Gasteiger partial charge in [0.1, 0.15) is 22.8 Å². The highest BCUT2D eigenvalue weighted by Gasteiger charge is 2.16. The van der Waals surface area contributed by atoms with Crippen LogP contribution in [0, 0.1) is 0 Å². The number of benzene rings is 1. The van der Waals surface area contributed by atoms with Gasteiger partial charge < -0.3 is 20.6 Å². The van der Waals surface area contributed by atoms with Crippen LogP contribution >= 0.6 is 0 Å². The van der Waals surface area contributed by atoms with Crippen LogP contribution in [0.5, 0.6) is 17.2 Å². The number of hydrogen-bond acceptors (Lipinski definition) is 5. The Bertz CT molecular complexity index is 339. The van der Waals surface area contributed by atoms with Crippen LogP contribution in [0.15, 0.2) is 12.1 Å². The molecule has 1 aromatic carbocycles. The first-order chi connectivity index (χ1) is 6.56. The second-order valence-corrected chi connectivity index (χ2v) is 2.81. The van der Waals surface area contributed by atoms with E-state index in [1.54, 1.807) is 7.05 Å². The molecule has 0 atom stereocenters. The highest BCUT2D eigenvalue weighted by Crippen LogP contribution is 2.31. The van der Waals surface area contributed by atoms with Crippen molar-refractivity contribution in [2.75, 3.05) is 13.6 Å². The van der Waals surface area contributed by atoms with E-state index < -0.39 is 17.3 Å². The lowest BCUT2D eigenvalue weighted by Crippen LogP contribution is -2.18. The summed E-state index contributed by atoms with van der Waals surface area (Å²) >= 11 is 0. The van der Waals surface area contributed by atoms with Gasteiger partial charge in [0.25, 0.3) is 0 Å². The zero-order valence-electron chi connectivity index (χ0n) is 7.61. The topological polar surface area (TPSA) is 89.8 Å². The monoisotopic (exact) mass is 197 g/mol. The van der Waals surface area contributed by atoms with Crippen LogP contribution in [0.25, 0.3) is 0 Å². The molecule has 0 aromatic heterocycles. The number of phenolic OH excluding ortho intramolecular Hbond substituents is 3. The molecule has 1 rings (SSSR count). The Morgan fingerprint density at radius 2 is 1.79 bits per heavy atom. The minimum absolute atomic E-state index is 0.00585. The predicted octanol–water partition coefficient (Wildman–Crippen LogP) is 0.205. The molecule has 1 aromatic rings. The average Bonchev–Trinajstić information content (AvgIpc) is 2.01. The molecule has 0 aliphatic carbocycles. The molecular weight excluding hydrogens is 186 g/mol. The van der Waals surface area contributed by atoms with E-state index in [1.807, 2.05) is 0 Å². The zero-order valence-corrected chi connectivity index (χ0v) is 7.61. The molecule has 0 fully saturated rings. The number of nitrogens with one attached hydrogen (secondary N) is 1. The Labute approximate surface area is 80.6 Å². The van der Waals surface area contributed by atoms with E-state index in [9.17, 15) is 15.0 Å². The van der Waals surface area contributed by atoms with Crippen LogP contribution in [0.3, 0.4) is 0 Å². The summed E-state index contributed by atoms with van der Waals surface area (Å²) < 4.78 is 0. The van der Waals surface area contributed by atoms with Crippen LogP contribution in [-0.4, -0.2) is 34.7 Å². The first kappa shape index (κ1) is 10.3. The van der Waals surface area contributed by atoms with Crippen molar-refractivity contribution in [1.29, 1.82) is 0 Å². The maximum Gasteiger partial charge on any atom is 0.184 e. The van der Waals surface area contributed by atoms with E-state index in [0.717, 1.165) is 12.1 Å². The third-order valence-corrected chi connectivity index (χ3v) is 1.70. The summed E-state index contributed by atoms with van der Waals surface area (Å²) in [5.41, 5.74) is -0.183. The standard InChI is InChI=1S/C9H11NO4/c1-10-4-8(14)9-6(12)2-5(11)3-7(9)13/h2-3,10-13H,4H2,1H3. The first-order valence-corrected chi connectivity index (χ1v) is 3.99. The van der Waals surface area contributed by atoms with Crippen molar-refractivity contribution in [3.05, 3.63) is 17.7 Å². The molecule has 76 valence electrons. The summed E-state index contributed by atoms with van der Waals surface area (Å²) in [5.74, 6) is -1.59. The van der Waals surface area contributed by atoms with E-state index in [-0.39, 0.29) is 17.9 Å². The quantitative estimate of drug-likeness (QED) is 0.520. The number of phenols is 3. The smallest absolute Gasteiger partial charge is 0.184 e. The van der Waals surface area contributed by atoms with Gasteiger partial charge in [-0.25, -0.2) is 0 Å².